The van der Waals surface area contributed by atoms with E-state index in [0.29, 0.717) is 0 Å². The zero-order valence-corrected chi connectivity index (χ0v) is 14.7. The van der Waals surface area contributed by atoms with Gasteiger partial charge in [0.25, 0.3) is 0 Å². The molecule has 4 aromatic rings. The number of hydrogen-bond acceptors (Lipinski definition) is 0. The number of nitrogens with zero attached hydrogens (tertiary/aromatic N) is 1. The SMILES string of the molecule is C=CC=C(C)c1ccc2c(c1)c1ccc(C)cc1n2-c1ccccc1. The highest BCUT2D eigenvalue weighted by molar-refractivity contribution is 6.10. The number of hydrogen-bond donors (Lipinski definition) is 0. The minimum Gasteiger partial charge on any atom is -0.309 e. The van der Waals surface area contributed by atoms with E-state index >= 15 is 0 Å². The van der Waals surface area contributed by atoms with Crippen molar-refractivity contribution in [2.45, 2.75) is 13.8 Å². The molecule has 122 valence electrons. The molecule has 0 unspecified atom stereocenters. The van der Waals surface area contributed by atoms with Gasteiger partial charge in [-0.15, -0.1) is 0 Å². The van der Waals surface area contributed by atoms with Gasteiger partial charge >= 0.3 is 0 Å². The van der Waals surface area contributed by atoms with E-state index in [2.05, 4.69) is 97.8 Å². The van der Waals surface area contributed by atoms with Crippen molar-refractivity contribution in [3.05, 3.63) is 96.6 Å². The lowest BCUT2D eigenvalue weighted by Gasteiger charge is -2.08. The molecule has 4 rings (SSSR count). The number of para-hydroxylation sites is 1. The Kier molecular flexibility index (Phi) is 3.77. The van der Waals surface area contributed by atoms with Gasteiger partial charge in [0.1, 0.15) is 0 Å². The molecule has 1 nitrogen and oxygen atoms in total. The van der Waals surface area contributed by atoms with Crippen LogP contribution in [0.1, 0.15) is 18.1 Å². The topological polar surface area (TPSA) is 4.93 Å². The zero-order valence-electron chi connectivity index (χ0n) is 14.7. The molecule has 0 aliphatic heterocycles. The molecule has 0 saturated carbocycles. The molecule has 0 fully saturated rings. The molecule has 0 radical (unpaired) electrons. The van der Waals surface area contributed by atoms with Crippen LogP contribution < -0.4 is 0 Å². The molecule has 0 saturated heterocycles. The third-order valence-electron chi connectivity index (χ3n) is 4.76. The van der Waals surface area contributed by atoms with Crippen LogP contribution in [0.5, 0.6) is 0 Å². The molecule has 0 aliphatic carbocycles. The Bertz CT molecular complexity index is 1110. The van der Waals surface area contributed by atoms with Gasteiger partial charge in [-0.05, 0) is 60.9 Å². The minimum absolute atomic E-state index is 1.19. The molecule has 1 aromatic heterocycles. The number of allylic oxidation sites excluding steroid dienone is 3. The summed E-state index contributed by atoms with van der Waals surface area (Å²) in [6.07, 6.45) is 3.90. The fourth-order valence-electron chi connectivity index (χ4n) is 3.50. The van der Waals surface area contributed by atoms with Gasteiger partial charge in [-0.3, -0.25) is 0 Å². The number of aryl methyl sites for hydroxylation is 1. The lowest BCUT2D eigenvalue weighted by Crippen LogP contribution is -1.93. The van der Waals surface area contributed by atoms with E-state index in [9.17, 15) is 0 Å². The average Bonchev–Trinajstić information content (AvgIpc) is 2.95. The Labute approximate surface area is 148 Å². The highest BCUT2D eigenvalue weighted by Gasteiger charge is 2.13. The molecule has 0 aliphatic rings. The normalized spacial score (nSPS) is 12.0. The smallest absolute Gasteiger partial charge is 0.0543 e. The monoisotopic (exact) mass is 323 g/mol. The van der Waals surface area contributed by atoms with Crippen LogP contribution in [0, 0.1) is 6.92 Å². The molecular formula is C24H21N. The lowest BCUT2D eigenvalue weighted by molar-refractivity contribution is 1.18. The highest BCUT2D eigenvalue weighted by Crippen LogP contribution is 2.34. The number of fused-ring (bicyclic) bond motifs is 3. The Morgan fingerprint density at radius 2 is 1.68 bits per heavy atom. The maximum atomic E-state index is 3.81. The highest BCUT2D eigenvalue weighted by atomic mass is 15.0. The molecule has 3 aromatic carbocycles. The first-order chi connectivity index (χ1) is 12.2. The van der Waals surface area contributed by atoms with Crippen LogP contribution in [-0.4, -0.2) is 4.57 Å². The van der Waals surface area contributed by atoms with Crippen LogP contribution >= 0.6 is 0 Å². The molecule has 25 heavy (non-hydrogen) atoms. The number of rotatable bonds is 3. The quantitative estimate of drug-likeness (QED) is 0.370. The summed E-state index contributed by atoms with van der Waals surface area (Å²) in [5.74, 6) is 0. The van der Waals surface area contributed by atoms with Crippen molar-refractivity contribution in [3.63, 3.8) is 0 Å². The Balaban J connectivity index is 2.11. The van der Waals surface area contributed by atoms with Crippen molar-refractivity contribution in [1.82, 2.24) is 4.57 Å². The van der Waals surface area contributed by atoms with Gasteiger partial charge in [0.05, 0.1) is 11.0 Å². The lowest BCUT2D eigenvalue weighted by atomic mass is 10.0. The number of benzene rings is 3. The molecule has 0 spiro atoms. The number of aromatic nitrogens is 1. The second kappa shape index (κ2) is 6.10. The summed E-state index contributed by atoms with van der Waals surface area (Å²) >= 11 is 0. The largest absolute Gasteiger partial charge is 0.309 e. The van der Waals surface area contributed by atoms with Crippen LogP contribution in [-0.2, 0) is 0 Å². The predicted octanol–water partition coefficient (Wildman–Crippen LogP) is 6.68. The van der Waals surface area contributed by atoms with Crippen molar-refractivity contribution in [3.8, 4) is 5.69 Å². The van der Waals surface area contributed by atoms with E-state index in [0.717, 1.165) is 0 Å². The molecule has 0 atom stereocenters. The summed E-state index contributed by atoms with van der Waals surface area (Å²) < 4.78 is 2.36. The second-order valence-electron chi connectivity index (χ2n) is 6.51. The second-order valence-corrected chi connectivity index (χ2v) is 6.51. The van der Waals surface area contributed by atoms with E-state index in [-0.39, 0.29) is 0 Å². The fraction of sp³-hybridized carbons (Fsp3) is 0.0833. The Morgan fingerprint density at radius 3 is 2.44 bits per heavy atom. The molecule has 1 heterocycles. The molecule has 0 amide bonds. The fourth-order valence-corrected chi connectivity index (χ4v) is 3.50. The average molecular weight is 323 g/mol. The first-order valence-corrected chi connectivity index (χ1v) is 8.59. The third-order valence-corrected chi connectivity index (χ3v) is 4.76. The summed E-state index contributed by atoms with van der Waals surface area (Å²) in [5, 5.41) is 2.57. The summed E-state index contributed by atoms with van der Waals surface area (Å²) in [7, 11) is 0. The van der Waals surface area contributed by atoms with Gasteiger partial charge in [-0.1, -0.05) is 55.1 Å². The van der Waals surface area contributed by atoms with Crippen molar-refractivity contribution in [1.29, 1.82) is 0 Å². The molecule has 0 N–H and O–H groups in total. The summed E-state index contributed by atoms with van der Waals surface area (Å²) in [5.41, 5.74) is 7.42. The van der Waals surface area contributed by atoms with Crippen molar-refractivity contribution in [2.75, 3.05) is 0 Å². The van der Waals surface area contributed by atoms with Gasteiger partial charge in [0.2, 0.25) is 0 Å². The third kappa shape index (κ3) is 2.58. The first kappa shape index (κ1) is 15.5. The van der Waals surface area contributed by atoms with E-state index in [1.807, 2.05) is 6.08 Å². The van der Waals surface area contributed by atoms with Crippen LogP contribution in [0.4, 0.5) is 0 Å². The van der Waals surface area contributed by atoms with Gasteiger partial charge in [0, 0.05) is 16.5 Å². The van der Waals surface area contributed by atoms with Gasteiger partial charge in [-0.25, -0.2) is 0 Å². The standard InChI is InChI=1S/C24H21N/c1-4-8-18(3)19-12-14-23-22(16-19)21-13-11-17(2)15-24(21)25(23)20-9-6-5-7-10-20/h4-16H,1H2,2-3H3. The van der Waals surface area contributed by atoms with Gasteiger partial charge in [0.15, 0.2) is 0 Å². The predicted molar refractivity (Wildman–Crippen MR) is 109 cm³/mol. The Morgan fingerprint density at radius 1 is 0.880 bits per heavy atom. The summed E-state index contributed by atoms with van der Waals surface area (Å²) in [6.45, 7) is 8.09. The van der Waals surface area contributed by atoms with Crippen LogP contribution in [0.25, 0.3) is 33.1 Å². The van der Waals surface area contributed by atoms with Crippen LogP contribution in [0.2, 0.25) is 0 Å². The molecule has 1 heteroatoms. The summed E-state index contributed by atoms with van der Waals surface area (Å²) in [6, 6.07) is 24.0. The van der Waals surface area contributed by atoms with Crippen molar-refractivity contribution < 1.29 is 0 Å². The van der Waals surface area contributed by atoms with Gasteiger partial charge in [-0.2, -0.15) is 0 Å². The maximum absolute atomic E-state index is 3.81. The first-order valence-electron chi connectivity index (χ1n) is 8.59. The molecular weight excluding hydrogens is 302 g/mol. The minimum atomic E-state index is 1.19. The zero-order chi connectivity index (χ0) is 17.4. The maximum Gasteiger partial charge on any atom is 0.0543 e. The van der Waals surface area contributed by atoms with Gasteiger partial charge < -0.3 is 4.57 Å². The Hall–Kier alpha value is -3.06. The van der Waals surface area contributed by atoms with Crippen LogP contribution in [0.3, 0.4) is 0 Å². The van der Waals surface area contributed by atoms with E-state index < -0.39 is 0 Å². The van der Waals surface area contributed by atoms with E-state index in [1.165, 1.54) is 44.2 Å². The van der Waals surface area contributed by atoms with E-state index in [4.69, 9.17) is 0 Å². The molecule has 0 bridgehead atoms. The summed E-state index contributed by atoms with van der Waals surface area (Å²) in [4.78, 5) is 0. The van der Waals surface area contributed by atoms with Crippen molar-refractivity contribution >= 4 is 27.4 Å². The van der Waals surface area contributed by atoms with Crippen molar-refractivity contribution in [2.24, 2.45) is 0 Å². The van der Waals surface area contributed by atoms with Crippen LogP contribution in [0.15, 0.2) is 85.5 Å². The van der Waals surface area contributed by atoms with E-state index in [1.54, 1.807) is 0 Å².